The van der Waals surface area contributed by atoms with Crippen molar-refractivity contribution in [3.8, 4) is 22.5 Å². The molecule has 2 aromatic heterocycles. The van der Waals surface area contributed by atoms with Gasteiger partial charge in [-0.1, -0.05) is 11.3 Å². The first-order valence-corrected chi connectivity index (χ1v) is 11.8. The minimum Gasteiger partial charge on any atom is -0.421 e. The van der Waals surface area contributed by atoms with E-state index in [1.54, 1.807) is 20.3 Å². The van der Waals surface area contributed by atoms with E-state index in [0.29, 0.717) is 34.9 Å². The number of rotatable bonds is 5. The van der Waals surface area contributed by atoms with Crippen molar-refractivity contribution >= 4 is 28.3 Å². The maximum Gasteiger partial charge on any atom is 0.327 e. The van der Waals surface area contributed by atoms with Crippen LogP contribution in [0.2, 0.25) is 0 Å². The largest absolute Gasteiger partial charge is 0.421 e. The van der Waals surface area contributed by atoms with Crippen molar-refractivity contribution in [2.45, 2.75) is 31.4 Å². The standard InChI is InChI=1S/C22H24FN7O3S/c1-29(2)19(31)12-6-7-15(13(23)10-12)33-22-27-18(17-11-25-20(24)34-17)26-21(28-22)30-8-9-32-16-5-3-4-14(16)30/h6-7,10-11,14,16H,3-5,8-9H2,1-2H3,(H2,24,25)/t14-,16-/m0/s1. The van der Waals surface area contributed by atoms with E-state index in [-0.39, 0.29) is 35.4 Å². The lowest BCUT2D eigenvalue weighted by Gasteiger charge is -2.37. The molecule has 1 saturated carbocycles. The third kappa shape index (κ3) is 4.38. The maximum absolute atomic E-state index is 14.8. The predicted molar refractivity (Wildman–Crippen MR) is 125 cm³/mol. The van der Waals surface area contributed by atoms with Crippen LogP contribution in [0.25, 0.3) is 10.7 Å². The Labute approximate surface area is 199 Å². The van der Waals surface area contributed by atoms with Crippen molar-refractivity contribution in [1.82, 2.24) is 24.8 Å². The number of fused-ring (bicyclic) bond motifs is 1. The zero-order chi connectivity index (χ0) is 23.8. The molecule has 3 aromatic rings. The van der Waals surface area contributed by atoms with E-state index in [9.17, 15) is 9.18 Å². The van der Waals surface area contributed by atoms with E-state index in [4.69, 9.17) is 15.2 Å². The SMILES string of the molecule is CN(C)C(=O)c1ccc(Oc2nc(-c3cnc(N)s3)nc(N3CCO[C@H]4CCC[C@@H]43)n2)c(F)c1. The van der Waals surface area contributed by atoms with Crippen molar-refractivity contribution in [3.05, 3.63) is 35.8 Å². The van der Waals surface area contributed by atoms with E-state index < -0.39 is 5.82 Å². The van der Waals surface area contributed by atoms with Crippen LogP contribution in [-0.2, 0) is 4.74 Å². The maximum atomic E-state index is 14.8. The molecule has 3 heterocycles. The second kappa shape index (κ2) is 9.11. The number of hydrogen-bond acceptors (Lipinski definition) is 10. The van der Waals surface area contributed by atoms with E-state index in [1.165, 1.54) is 28.4 Å². The van der Waals surface area contributed by atoms with Gasteiger partial charge in [0.2, 0.25) is 5.95 Å². The quantitative estimate of drug-likeness (QED) is 0.581. The number of hydrogen-bond donors (Lipinski definition) is 1. The predicted octanol–water partition coefficient (Wildman–Crippen LogP) is 2.97. The Morgan fingerprint density at radius 1 is 1.29 bits per heavy atom. The summed E-state index contributed by atoms with van der Waals surface area (Å²) < 4.78 is 26.5. The first-order chi connectivity index (χ1) is 16.4. The van der Waals surface area contributed by atoms with Gasteiger partial charge < -0.3 is 25.0 Å². The smallest absolute Gasteiger partial charge is 0.327 e. The van der Waals surface area contributed by atoms with Crippen LogP contribution in [0, 0.1) is 5.82 Å². The molecule has 1 aliphatic heterocycles. The van der Waals surface area contributed by atoms with Gasteiger partial charge in [0.05, 0.1) is 29.8 Å². The van der Waals surface area contributed by atoms with Gasteiger partial charge in [0.25, 0.3) is 5.91 Å². The summed E-state index contributed by atoms with van der Waals surface area (Å²) in [6.45, 7) is 1.20. The van der Waals surface area contributed by atoms with Crippen molar-refractivity contribution in [1.29, 1.82) is 0 Å². The number of carbonyl (C=O) groups is 1. The Bertz CT molecular complexity index is 1220. The van der Waals surface area contributed by atoms with Gasteiger partial charge in [0.15, 0.2) is 22.5 Å². The number of anilines is 2. The summed E-state index contributed by atoms with van der Waals surface area (Å²) in [5, 5.41) is 0.383. The lowest BCUT2D eigenvalue weighted by molar-refractivity contribution is 0.0249. The monoisotopic (exact) mass is 485 g/mol. The number of aromatic nitrogens is 4. The van der Waals surface area contributed by atoms with Crippen molar-refractivity contribution in [3.63, 3.8) is 0 Å². The van der Waals surface area contributed by atoms with Gasteiger partial charge >= 0.3 is 6.01 Å². The molecule has 2 N–H and O–H groups in total. The minimum absolute atomic E-state index is 0.0569. The first kappa shape index (κ1) is 22.4. The Hall–Kier alpha value is -3.38. The van der Waals surface area contributed by atoms with Gasteiger partial charge in [0, 0.05) is 26.2 Å². The minimum atomic E-state index is -0.694. The summed E-state index contributed by atoms with van der Waals surface area (Å²) >= 11 is 1.24. The molecule has 34 heavy (non-hydrogen) atoms. The van der Waals surface area contributed by atoms with Crippen LogP contribution in [0.1, 0.15) is 29.6 Å². The molecule has 2 atom stereocenters. The fraction of sp³-hybridized carbons (Fsp3) is 0.409. The summed E-state index contributed by atoms with van der Waals surface area (Å²) in [4.78, 5) is 33.9. The number of thiazole rings is 1. The highest BCUT2D eigenvalue weighted by atomic mass is 32.1. The molecule has 2 fully saturated rings. The molecule has 0 spiro atoms. The first-order valence-electron chi connectivity index (χ1n) is 10.9. The molecule has 2 aliphatic rings. The fourth-order valence-corrected chi connectivity index (χ4v) is 4.89. The van der Waals surface area contributed by atoms with Crippen LogP contribution in [0.15, 0.2) is 24.4 Å². The molecule has 5 rings (SSSR count). The van der Waals surface area contributed by atoms with Crippen molar-refractivity contribution in [2.75, 3.05) is 37.9 Å². The second-order valence-electron chi connectivity index (χ2n) is 8.35. The van der Waals surface area contributed by atoms with E-state index in [0.717, 1.165) is 25.3 Å². The second-order valence-corrected chi connectivity index (χ2v) is 9.41. The lowest BCUT2D eigenvalue weighted by atomic mass is 10.1. The normalized spacial score (nSPS) is 19.7. The molecule has 0 radical (unpaired) electrons. The van der Waals surface area contributed by atoms with Crippen LogP contribution in [0.4, 0.5) is 15.5 Å². The summed E-state index contributed by atoms with van der Waals surface area (Å²) in [5.74, 6) is -0.318. The number of nitrogens with two attached hydrogens (primary N) is 1. The summed E-state index contributed by atoms with van der Waals surface area (Å²) in [6.07, 6.45) is 4.77. The molecule has 1 aliphatic carbocycles. The number of halogens is 1. The molecule has 10 nitrogen and oxygen atoms in total. The van der Waals surface area contributed by atoms with E-state index >= 15 is 0 Å². The van der Waals surface area contributed by atoms with Crippen LogP contribution >= 0.6 is 11.3 Å². The molecule has 1 saturated heterocycles. The van der Waals surface area contributed by atoms with Crippen LogP contribution < -0.4 is 15.4 Å². The average molecular weight is 486 g/mol. The van der Waals surface area contributed by atoms with E-state index in [2.05, 4.69) is 24.8 Å². The molecule has 1 aromatic carbocycles. The third-order valence-electron chi connectivity index (χ3n) is 5.87. The molecule has 12 heteroatoms. The zero-order valence-electron chi connectivity index (χ0n) is 18.8. The Morgan fingerprint density at radius 3 is 2.88 bits per heavy atom. The molecule has 0 unspecified atom stereocenters. The third-order valence-corrected chi connectivity index (χ3v) is 6.69. The summed E-state index contributed by atoms with van der Waals surface area (Å²) in [6, 6.07) is 4.13. The highest BCUT2D eigenvalue weighted by Gasteiger charge is 2.38. The van der Waals surface area contributed by atoms with E-state index in [1.807, 2.05) is 0 Å². The number of amides is 1. The van der Waals surface area contributed by atoms with Gasteiger partial charge in [-0.05, 0) is 37.5 Å². The summed E-state index contributed by atoms with van der Waals surface area (Å²) in [5.41, 5.74) is 6.02. The molecule has 178 valence electrons. The van der Waals surface area contributed by atoms with Crippen LogP contribution in [0.3, 0.4) is 0 Å². The van der Waals surface area contributed by atoms with Crippen LogP contribution in [0.5, 0.6) is 11.8 Å². The Balaban J connectivity index is 1.50. The number of carbonyl (C=O) groups excluding carboxylic acids is 1. The lowest BCUT2D eigenvalue weighted by Crippen LogP contribution is -2.49. The molecule has 1 amide bonds. The number of nitrogen functional groups attached to an aromatic ring is 1. The van der Waals surface area contributed by atoms with Gasteiger partial charge in [-0.2, -0.15) is 15.0 Å². The molecule has 0 bridgehead atoms. The number of nitrogens with zero attached hydrogens (tertiary/aromatic N) is 6. The summed E-state index contributed by atoms with van der Waals surface area (Å²) in [7, 11) is 3.20. The number of ether oxygens (including phenoxy) is 2. The van der Waals surface area contributed by atoms with Gasteiger partial charge in [-0.15, -0.1) is 0 Å². The Morgan fingerprint density at radius 2 is 2.15 bits per heavy atom. The highest BCUT2D eigenvalue weighted by molar-refractivity contribution is 7.18. The number of morpholine rings is 1. The molecular formula is C22H24FN7O3S. The van der Waals surface area contributed by atoms with Gasteiger partial charge in [-0.3, -0.25) is 4.79 Å². The van der Waals surface area contributed by atoms with Gasteiger partial charge in [0.1, 0.15) is 0 Å². The zero-order valence-corrected chi connectivity index (χ0v) is 19.6. The van der Waals surface area contributed by atoms with Crippen molar-refractivity contribution < 1.29 is 18.7 Å². The number of benzene rings is 1. The van der Waals surface area contributed by atoms with Gasteiger partial charge in [-0.25, -0.2) is 9.37 Å². The topological polar surface area (TPSA) is 120 Å². The van der Waals surface area contributed by atoms with Crippen molar-refractivity contribution in [2.24, 2.45) is 0 Å². The average Bonchev–Trinajstić information content (AvgIpc) is 3.48. The van der Waals surface area contributed by atoms with Crippen LogP contribution in [-0.4, -0.2) is 70.1 Å². The highest BCUT2D eigenvalue weighted by Crippen LogP contribution is 2.34. The Kier molecular flexibility index (Phi) is 6.00. The fourth-order valence-electron chi connectivity index (χ4n) is 4.27. The molecular weight excluding hydrogens is 461 g/mol.